The van der Waals surface area contributed by atoms with Crippen LogP contribution < -0.4 is 17.7 Å². The Hall–Kier alpha value is 0.320. The predicted octanol–water partition coefficient (Wildman–Crippen LogP) is -0.128. The van der Waals surface area contributed by atoms with Gasteiger partial charge in [0.05, 0.1) is 0 Å². The Morgan fingerprint density at radius 2 is 2.20 bits per heavy atom. The van der Waals surface area contributed by atoms with Gasteiger partial charge in [0.2, 0.25) is 0 Å². The number of amides is 2. The Bertz CT molecular complexity index is 538. The molecule has 6 nitrogen and oxygen atoms in total. The molecule has 4 N–H and O–H groups in total. The van der Waals surface area contributed by atoms with Crippen LogP contribution in [-0.4, -0.2) is 31.5 Å². The molecule has 0 aromatic heterocycles. The van der Waals surface area contributed by atoms with Crippen molar-refractivity contribution in [3.8, 4) is 0 Å². The zero-order chi connectivity index (χ0) is 13.8. The van der Waals surface area contributed by atoms with E-state index in [0.29, 0.717) is 17.8 Å². The van der Waals surface area contributed by atoms with Crippen LogP contribution in [0.5, 0.6) is 0 Å². The van der Waals surface area contributed by atoms with Crippen LogP contribution in [0.25, 0.3) is 0 Å². The molecule has 2 bridgehead atoms. The number of rotatable bonds is 3. The van der Waals surface area contributed by atoms with Gasteiger partial charge in [0.15, 0.2) is 0 Å². The van der Waals surface area contributed by atoms with E-state index < -0.39 is 20.4 Å². The zero-order valence-corrected chi connectivity index (χ0v) is 15.1. The van der Waals surface area contributed by atoms with Crippen LogP contribution in [0.1, 0.15) is 13.3 Å². The molecule has 20 heavy (non-hydrogen) atoms. The van der Waals surface area contributed by atoms with Gasteiger partial charge in [-0.05, 0) is 0 Å². The number of alkyl halides is 2. The molecule has 5 fully saturated rings. The van der Waals surface area contributed by atoms with Crippen molar-refractivity contribution in [3.05, 3.63) is 0 Å². The second-order valence-corrected chi connectivity index (χ2v) is 12.2. The minimum absolute atomic E-state index is 0.0207. The van der Waals surface area contributed by atoms with E-state index in [-0.39, 0.29) is 37.4 Å². The number of carbonyl (C=O) groups is 2. The fourth-order valence-corrected chi connectivity index (χ4v) is 12.1. The van der Waals surface area contributed by atoms with Gasteiger partial charge in [-0.25, -0.2) is 0 Å². The van der Waals surface area contributed by atoms with E-state index in [9.17, 15) is 9.59 Å². The summed E-state index contributed by atoms with van der Waals surface area (Å²) in [5, 5.41) is 6.37. The monoisotopic (exact) mass is 502 g/mol. The second-order valence-electron chi connectivity index (χ2n) is 6.56. The number of nitrogens with one attached hydrogen (secondary N) is 4. The predicted molar refractivity (Wildman–Crippen MR) is 88.9 cm³/mol. The quantitative estimate of drug-likeness (QED) is 0.142. The van der Waals surface area contributed by atoms with E-state index >= 15 is 0 Å². The molecule has 0 aromatic carbocycles. The molecule has 0 spiro atoms. The fraction of sp³-hybridized carbons (Fsp3) is 0.833. The van der Waals surface area contributed by atoms with Crippen molar-refractivity contribution in [1.82, 2.24) is 17.7 Å². The van der Waals surface area contributed by atoms with Crippen molar-refractivity contribution in [1.29, 1.82) is 0 Å². The number of fused-ring (bicyclic) bond motifs is 2. The summed E-state index contributed by atoms with van der Waals surface area (Å²) in [4.78, 5) is 24.5. The molecule has 7 atom stereocenters. The Morgan fingerprint density at radius 3 is 2.85 bits per heavy atom. The summed E-state index contributed by atoms with van der Waals surface area (Å²) in [7, 11) is 0. The van der Waals surface area contributed by atoms with Gasteiger partial charge in [0.25, 0.3) is 0 Å². The van der Waals surface area contributed by atoms with Gasteiger partial charge in [0, 0.05) is 0 Å². The van der Waals surface area contributed by atoms with Crippen LogP contribution in [0.3, 0.4) is 0 Å². The summed E-state index contributed by atoms with van der Waals surface area (Å²) in [6.45, 7) is 2.17. The molecule has 5 rings (SSSR count). The molecular weight excluding hydrogens is 486 g/mol. The molecule has 5 aliphatic rings. The molecule has 2 aliphatic carbocycles. The molecule has 8 heteroatoms. The third kappa shape index (κ3) is 1.42. The van der Waals surface area contributed by atoms with E-state index in [4.69, 9.17) is 0 Å². The molecule has 2 amide bonds. The van der Waals surface area contributed by atoms with Gasteiger partial charge < -0.3 is 0 Å². The van der Waals surface area contributed by atoms with Gasteiger partial charge in [0.1, 0.15) is 0 Å². The molecular formula is C12H16I2N4O2. The number of hydrogen-bond donors (Lipinski definition) is 4. The Labute approximate surface area is 138 Å². The molecule has 3 saturated heterocycles. The summed E-state index contributed by atoms with van der Waals surface area (Å²) >= 11 is 1.18. The number of carbonyl (C=O) groups excluding carboxylic acids is 2. The van der Waals surface area contributed by atoms with Crippen LogP contribution in [0, 0.1) is 23.7 Å². The van der Waals surface area contributed by atoms with E-state index in [1.54, 1.807) is 0 Å². The molecule has 3 aliphatic heterocycles. The molecule has 2 saturated carbocycles. The Kier molecular flexibility index (Phi) is 2.44. The van der Waals surface area contributed by atoms with Crippen LogP contribution in [0.15, 0.2) is 0 Å². The van der Waals surface area contributed by atoms with Gasteiger partial charge in [-0.2, -0.15) is 0 Å². The van der Waals surface area contributed by atoms with E-state index in [0.717, 1.165) is 6.42 Å². The van der Waals surface area contributed by atoms with Crippen LogP contribution in [0.4, 0.5) is 0 Å². The second kappa shape index (κ2) is 3.80. The summed E-state index contributed by atoms with van der Waals surface area (Å²) in [6.07, 6.45) is 1.09. The Morgan fingerprint density at radius 1 is 1.50 bits per heavy atom. The zero-order valence-electron chi connectivity index (χ0n) is 10.8. The summed E-state index contributed by atoms with van der Waals surface area (Å²) in [5.74, 6) is 1.84. The van der Waals surface area contributed by atoms with E-state index in [2.05, 4.69) is 47.2 Å². The van der Waals surface area contributed by atoms with Crippen molar-refractivity contribution in [2.24, 2.45) is 23.7 Å². The Balaban J connectivity index is 1.35. The molecule has 0 radical (unpaired) electrons. The van der Waals surface area contributed by atoms with Crippen LogP contribution in [-0.2, 0) is 9.59 Å². The maximum atomic E-state index is 12.5. The fourth-order valence-electron chi connectivity index (χ4n) is 4.64. The number of hydrogen-bond acceptors (Lipinski definition) is 4. The third-order valence-electron chi connectivity index (χ3n) is 5.75. The molecule has 0 aromatic rings. The summed E-state index contributed by atoms with van der Waals surface area (Å²) in [5.41, 5.74) is 0. The van der Waals surface area contributed by atoms with E-state index in [1.807, 2.05) is 0 Å². The summed E-state index contributed by atoms with van der Waals surface area (Å²) in [6, 6.07) is 0.311. The third-order valence-corrected chi connectivity index (χ3v) is 13.0. The first-order valence-corrected chi connectivity index (χ1v) is 11.5. The average molecular weight is 502 g/mol. The first-order valence-electron chi connectivity index (χ1n) is 7.03. The molecule has 7 unspecified atom stereocenters. The van der Waals surface area contributed by atoms with Gasteiger partial charge >= 0.3 is 139 Å². The SMILES string of the molecule is CC1C2CC3C(NC(=O)C13)C2NC(=O)C(I)C12NI1N2. The standard InChI is InChI=1S/C12H16I2N4O2/c1-3-4-2-5-6(3)10(19)15-8(5)7(4)16-11(20)9(13)12-14(17-12)18-12/h3-9,17-18H,2H2,1H3,(H,15,19)(H,16,20). The van der Waals surface area contributed by atoms with Crippen LogP contribution >= 0.6 is 43.0 Å². The van der Waals surface area contributed by atoms with Crippen molar-refractivity contribution in [2.75, 3.05) is 0 Å². The van der Waals surface area contributed by atoms with Crippen molar-refractivity contribution in [3.63, 3.8) is 0 Å². The van der Waals surface area contributed by atoms with Gasteiger partial charge in [-0.1, -0.05) is 0 Å². The normalized spacial score (nSPS) is 51.5. The average Bonchev–Trinajstić information content (AvgIpc) is 3.14. The van der Waals surface area contributed by atoms with Gasteiger partial charge in [-0.15, -0.1) is 0 Å². The number of halogens is 2. The maximum absolute atomic E-state index is 12.5. The topological polar surface area (TPSA) is 102 Å². The molecule has 3 heterocycles. The van der Waals surface area contributed by atoms with Gasteiger partial charge in [-0.3, -0.25) is 0 Å². The minimum atomic E-state index is -1.07. The molecule has 110 valence electrons. The van der Waals surface area contributed by atoms with Crippen LogP contribution in [0.2, 0.25) is 0 Å². The first-order chi connectivity index (χ1) is 9.53. The summed E-state index contributed by atoms with van der Waals surface area (Å²) < 4.78 is 6.81. The van der Waals surface area contributed by atoms with Crippen molar-refractivity contribution < 1.29 is 9.59 Å². The van der Waals surface area contributed by atoms with E-state index in [1.165, 1.54) is 0 Å². The van der Waals surface area contributed by atoms with Crippen molar-refractivity contribution in [2.45, 2.75) is 33.0 Å². The first kappa shape index (κ1) is 12.8. The van der Waals surface area contributed by atoms with Crippen molar-refractivity contribution >= 4 is 54.8 Å².